The number of nitrogens with zero attached hydrogens (tertiary/aromatic N) is 2. The van der Waals surface area contributed by atoms with Gasteiger partial charge in [-0.25, -0.2) is 4.79 Å². The summed E-state index contributed by atoms with van der Waals surface area (Å²) in [6.07, 6.45) is 2.79. The van der Waals surface area contributed by atoms with Crippen LogP contribution in [-0.4, -0.2) is 36.4 Å². The number of nitriles is 1. The van der Waals surface area contributed by atoms with E-state index in [4.69, 9.17) is 14.7 Å². The Bertz CT molecular complexity index is 693. The molecule has 1 aromatic rings. The molecule has 2 saturated heterocycles. The van der Waals surface area contributed by atoms with E-state index < -0.39 is 5.72 Å². The van der Waals surface area contributed by atoms with Crippen LogP contribution in [0, 0.1) is 11.3 Å². The second-order valence-corrected chi connectivity index (χ2v) is 6.42. The average molecular weight is 313 g/mol. The Kier molecular flexibility index (Phi) is 3.20. The molecule has 3 aliphatic rings. The first-order valence-electron chi connectivity index (χ1n) is 7.99. The van der Waals surface area contributed by atoms with Crippen LogP contribution in [0.4, 0.5) is 4.79 Å². The van der Waals surface area contributed by atoms with Gasteiger partial charge >= 0.3 is 6.03 Å². The molecular formula is C17H19N3O3. The molecule has 4 rings (SSSR count). The zero-order chi connectivity index (χ0) is 16.0. The monoisotopic (exact) mass is 313 g/mol. The van der Waals surface area contributed by atoms with Crippen molar-refractivity contribution < 1.29 is 14.3 Å². The standard InChI is InChI=1S/C17H19N3O3/c1-20-16(21)19-13-10-17(20,15-3-2-8-22-15)23-14-5-4-11(6-7-18)9-12(13)14/h4-5,9,13,15H,2-3,6,8,10H2,1H3,(H,19,21). The summed E-state index contributed by atoms with van der Waals surface area (Å²) in [6.45, 7) is 0.712. The Hall–Kier alpha value is -2.26. The number of fused-ring (bicyclic) bond motifs is 4. The van der Waals surface area contributed by atoms with E-state index in [-0.39, 0.29) is 18.2 Å². The van der Waals surface area contributed by atoms with Gasteiger partial charge in [0.2, 0.25) is 5.72 Å². The lowest BCUT2D eigenvalue weighted by molar-refractivity contribution is -0.163. The third-order valence-corrected chi connectivity index (χ3v) is 5.12. The first-order valence-corrected chi connectivity index (χ1v) is 7.99. The quantitative estimate of drug-likeness (QED) is 0.907. The number of hydrogen-bond donors (Lipinski definition) is 1. The molecule has 120 valence electrons. The molecule has 23 heavy (non-hydrogen) atoms. The maximum absolute atomic E-state index is 12.4. The van der Waals surface area contributed by atoms with Gasteiger partial charge in [-0.05, 0) is 30.5 Å². The van der Waals surface area contributed by atoms with Crippen molar-refractivity contribution >= 4 is 6.03 Å². The van der Waals surface area contributed by atoms with Crippen LogP contribution in [-0.2, 0) is 11.2 Å². The molecule has 2 fully saturated rings. The van der Waals surface area contributed by atoms with Gasteiger partial charge in [-0.1, -0.05) is 6.07 Å². The largest absolute Gasteiger partial charge is 0.465 e. The highest BCUT2D eigenvalue weighted by Crippen LogP contribution is 2.47. The van der Waals surface area contributed by atoms with Crippen LogP contribution in [0.5, 0.6) is 5.75 Å². The van der Waals surface area contributed by atoms with Gasteiger partial charge in [0, 0.05) is 25.6 Å². The minimum absolute atomic E-state index is 0.104. The minimum Gasteiger partial charge on any atom is -0.465 e. The van der Waals surface area contributed by atoms with E-state index in [9.17, 15) is 4.79 Å². The van der Waals surface area contributed by atoms with E-state index in [1.54, 1.807) is 11.9 Å². The van der Waals surface area contributed by atoms with Crippen molar-refractivity contribution in [3.63, 3.8) is 0 Å². The third-order valence-electron chi connectivity index (χ3n) is 5.12. The molecule has 3 aliphatic heterocycles. The van der Waals surface area contributed by atoms with E-state index in [0.29, 0.717) is 19.4 Å². The summed E-state index contributed by atoms with van der Waals surface area (Å²) < 4.78 is 12.2. The van der Waals surface area contributed by atoms with Crippen LogP contribution < -0.4 is 10.1 Å². The highest BCUT2D eigenvalue weighted by molar-refractivity contribution is 5.77. The van der Waals surface area contributed by atoms with Gasteiger partial charge in [-0.3, -0.25) is 4.90 Å². The molecular weight excluding hydrogens is 294 g/mol. The van der Waals surface area contributed by atoms with Crippen LogP contribution >= 0.6 is 0 Å². The number of urea groups is 1. The predicted molar refractivity (Wildman–Crippen MR) is 81.7 cm³/mol. The summed E-state index contributed by atoms with van der Waals surface area (Å²) in [5.74, 6) is 0.769. The van der Waals surface area contributed by atoms with Crippen LogP contribution in [0.3, 0.4) is 0 Å². The smallest absolute Gasteiger partial charge is 0.320 e. The van der Waals surface area contributed by atoms with Crippen molar-refractivity contribution in [1.29, 1.82) is 5.26 Å². The fraction of sp³-hybridized carbons (Fsp3) is 0.529. The molecule has 2 bridgehead atoms. The van der Waals surface area contributed by atoms with Gasteiger partial charge in [-0.15, -0.1) is 0 Å². The molecule has 0 radical (unpaired) electrons. The molecule has 0 spiro atoms. The fourth-order valence-electron chi connectivity index (χ4n) is 3.90. The molecule has 3 unspecified atom stereocenters. The number of benzene rings is 1. The molecule has 2 amide bonds. The van der Waals surface area contributed by atoms with E-state index in [1.807, 2.05) is 18.2 Å². The van der Waals surface area contributed by atoms with Crippen LogP contribution in [0.1, 0.15) is 36.4 Å². The maximum Gasteiger partial charge on any atom is 0.320 e. The molecule has 3 heterocycles. The Balaban J connectivity index is 1.77. The van der Waals surface area contributed by atoms with Crippen molar-refractivity contribution in [2.75, 3.05) is 13.7 Å². The van der Waals surface area contributed by atoms with Crippen molar-refractivity contribution in [1.82, 2.24) is 10.2 Å². The zero-order valence-electron chi connectivity index (χ0n) is 13.0. The van der Waals surface area contributed by atoms with Gasteiger partial charge in [-0.2, -0.15) is 5.26 Å². The molecule has 6 nitrogen and oxygen atoms in total. The minimum atomic E-state index is -0.743. The number of rotatable bonds is 2. The molecule has 1 aromatic carbocycles. The van der Waals surface area contributed by atoms with Gasteiger partial charge in [0.1, 0.15) is 11.9 Å². The summed E-state index contributed by atoms with van der Waals surface area (Å²) in [6, 6.07) is 7.69. The van der Waals surface area contributed by atoms with Crippen LogP contribution in [0.2, 0.25) is 0 Å². The van der Waals surface area contributed by atoms with Crippen molar-refractivity contribution in [3.05, 3.63) is 29.3 Å². The number of carbonyl (C=O) groups is 1. The van der Waals surface area contributed by atoms with E-state index in [0.717, 1.165) is 29.7 Å². The van der Waals surface area contributed by atoms with E-state index >= 15 is 0 Å². The highest BCUT2D eigenvalue weighted by atomic mass is 16.6. The molecule has 0 saturated carbocycles. The van der Waals surface area contributed by atoms with Crippen LogP contribution in [0.15, 0.2) is 18.2 Å². The lowest BCUT2D eigenvalue weighted by Crippen LogP contribution is -2.69. The number of likely N-dealkylation sites (N-methyl/N-ethyl adjacent to an activating group) is 1. The number of carbonyl (C=O) groups excluding carboxylic acids is 1. The maximum atomic E-state index is 12.4. The second kappa shape index (κ2) is 5.14. The number of amides is 2. The lowest BCUT2D eigenvalue weighted by atomic mass is 9.85. The van der Waals surface area contributed by atoms with Crippen molar-refractivity contribution in [3.8, 4) is 11.8 Å². The van der Waals surface area contributed by atoms with Gasteiger partial charge in [0.25, 0.3) is 0 Å². The summed E-state index contributed by atoms with van der Waals surface area (Å²) in [5.41, 5.74) is 1.15. The number of hydrogen-bond acceptors (Lipinski definition) is 4. The molecule has 0 aromatic heterocycles. The van der Waals surface area contributed by atoms with Gasteiger partial charge in [0.05, 0.1) is 18.5 Å². The number of ether oxygens (including phenoxy) is 2. The highest BCUT2D eigenvalue weighted by Gasteiger charge is 2.56. The van der Waals surface area contributed by atoms with Crippen molar-refractivity contribution in [2.45, 2.75) is 43.6 Å². The Morgan fingerprint density at radius 2 is 2.39 bits per heavy atom. The Morgan fingerprint density at radius 1 is 1.52 bits per heavy atom. The predicted octanol–water partition coefficient (Wildman–Crippen LogP) is 2.11. The second-order valence-electron chi connectivity index (χ2n) is 6.42. The number of nitrogens with one attached hydrogen (secondary N) is 1. The molecule has 0 aliphatic carbocycles. The first kappa shape index (κ1) is 14.3. The van der Waals surface area contributed by atoms with Crippen LogP contribution in [0.25, 0.3) is 0 Å². The van der Waals surface area contributed by atoms with Crippen molar-refractivity contribution in [2.24, 2.45) is 0 Å². The van der Waals surface area contributed by atoms with E-state index in [1.165, 1.54) is 0 Å². The summed E-state index contributed by atoms with van der Waals surface area (Å²) >= 11 is 0. The normalized spacial score (nSPS) is 31.8. The average Bonchev–Trinajstić information content (AvgIpc) is 3.08. The topological polar surface area (TPSA) is 74.6 Å². The van der Waals surface area contributed by atoms with Gasteiger partial charge in [0.15, 0.2) is 0 Å². The molecule has 6 heteroatoms. The summed E-state index contributed by atoms with van der Waals surface area (Å²) in [7, 11) is 1.77. The zero-order valence-corrected chi connectivity index (χ0v) is 13.0. The van der Waals surface area contributed by atoms with Gasteiger partial charge < -0.3 is 14.8 Å². The fourth-order valence-corrected chi connectivity index (χ4v) is 3.90. The third kappa shape index (κ3) is 2.07. The SMILES string of the molecule is CN1C(=O)NC2CC1(C1CCCO1)Oc1ccc(CC#N)cc12. The Labute approximate surface area is 135 Å². The lowest BCUT2D eigenvalue weighted by Gasteiger charge is -2.53. The summed E-state index contributed by atoms with van der Waals surface area (Å²) in [5, 5.41) is 11.9. The molecule has 3 atom stereocenters. The Morgan fingerprint density at radius 3 is 3.13 bits per heavy atom. The molecule has 1 N–H and O–H groups in total. The summed E-state index contributed by atoms with van der Waals surface area (Å²) in [4.78, 5) is 14.1. The van der Waals surface area contributed by atoms with E-state index in [2.05, 4.69) is 11.4 Å². The first-order chi connectivity index (χ1) is 11.1.